The van der Waals surface area contributed by atoms with Crippen molar-refractivity contribution in [3.8, 4) is 0 Å². The van der Waals surface area contributed by atoms with Gasteiger partial charge in [0.25, 0.3) is 0 Å². The third-order valence-corrected chi connectivity index (χ3v) is 6.61. The van der Waals surface area contributed by atoms with E-state index < -0.39 is 0 Å². The van der Waals surface area contributed by atoms with Gasteiger partial charge >= 0.3 is 0 Å². The third-order valence-electron chi connectivity index (χ3n) is 6.61. The zero-order chi connectivity index (χ0) is 17.2. The number of nitrogens with zero attached hydrogens (tertiary/aromatic N) is 2. The largest absolute Gasteiger partial charge is 0.340 e. The molecule has 2 amide bonds. The standard InChI is InChI=1S/C21H30N2O2/c24-20(16-8-3-1-4-9-16)22-14-18-12-7-13-23(19(18)15-22)21(25)17-10-5-2-6-11-17/h1-3,5,16-19H,4,6-15H2/t16?,17?,18-,19+/m0/s1. The van der Waals surface area contributed by atoms with Crippen molar-refractivity contribution in [3.63, 3.8) is 0 Å². The number of amides is 2. The first-order chi connectivity index (χ1) is 12.2. The van der Waals surface area contributed by atoms with Crippen LogP contribution in [0.2, 0.25) is 0 Å². The second-order valence-corrected chi connectivity index (χ2v) is 8.21. The van der Waals surface area contributed by atoms with Crippen LogP contribution in [0.5, 0.6) is 0 Å². The molecular weight excluding hydrogens is 312 g/mol. The molecule has 2 aliphatic heterocycles. The van der Waals surface area contributed by atoms with E-state index in [-0.39, 0.29) is 17.9 Å². The molecule has 4 nitrogen and oxygen atoms in total. The Labute approximate surface area is 150 Å². The van der Waals surface area contributed by atoms with Crippen molar-refractivity contribution in [2.45, 2.75) is 57.4 Å². The maximum absolute atomic E-state index is 13.1. The molecule has 0 spiro atoms. The lowest BCUT2D eigenvalue weighted by Gasteiger charge is -2.39. The summed E-state index contributed by atoms with van der Waals surface area (Å²) < 4.78 is 0. The van der Waals surface area contributed by atoms with Crippen LogP contribution in [0, 0.1) is 17.8 Å². The fraction of sp³-hybridized carbons (Fsp3) is 0.714. The second kappa shape index (κ2) is 7.35. The first kappa shape index (κ1) is 16.9. The maximum Gasteiger partial charge on any atom is 0.226 e. The number of piperidine rings is 1. The molecule has 2 heterocycles. The minimum absolute atomic E-state index is 0.164. The van der Waals surface area contributed by atoms with Crippen LogP contribution in [0.25, 0.3) is 0 Å². The molecule has 0 radical (unpaired) electrons. The number of carbonyl (C=O) groups is 2. The van der Waals surface area contributed by atoms with Gasteiger partial charge in [-0.3, -0.25) is 9.59 Å². The van der Waals surface area contributed by atoms with Crippen molar-refractivity contribution >= 4 is 11.8 Å². The number of allylic oxidation sites excluding steroid dienone is 4. The monoisotopic (exact) mass is 342 g/mol. The zero-order valence-corrected chi connectivity index (χ0v) is 15.1. The predicted octanol–water partition coefficient (Wildman–Crippen LogP) is 3.15. The Morgan fingerprint density at radius 2 is 1.48 bits per heavy atom. The molecule has 0 bridgehead atoms. The molecule has 4 atom stereocenters. The molecule has 0 aromatic rings. The third kappa shape index (κ3) is 3.40. The lowest BCUT2D eigenvalue weighted by Crippen LogP contribution is -2.50. The summed E-state index contributed by atoms with van der Waals surface area (Å²) in [6.07, 6.45) is 16.7. The Morgan fingerprint density at radius 3 is 2.12 bits per heavy atom. The summed E-state index contributed by atoms with van der Waals surface area (Å²) in [6, 6.07) is 0.259. The van der Waals surface area contributed by atoms with Gasteiger partial charge in [-0.05, 0) is 57.3 Å². The average molecular weight is 342 g/mol. The normalized spacial score (nSPS) is 34.9. The lowest BCUT2D eigenvalue weighted by molar-refractivity contribution is -0.141. The zero-order valence-electron chi connectivity index (χ0n) is 15.1. The van der Waals surface area contributed by atoms with Crippen molar-refractivity contribution in [2.24, 2.45) is 17.8 Å². The van der Waals surface area contributed by atoms with Gasteiger partial charge in [-0.1, -0.05) is 24.3 Å². The van der Waals surface area contributed by atoms with Gasteiger partial charge in [0.1, 0.15) is 0 Å². The topological polar surface area (TPSA) is 40.6 Å². The lowest BCUT2D eigenvalue weighted by atomic mass is 9.88. The number of carbonyl (C=O) groups excluding carboxylic acids is 2. The summed E-state index contributed by atoms with van der Waals surface area (Å²) in [6.45, 7) is 2.50. The summed E-state index contributed by atoms with van der Waals surface area (Å²) in [5.41, 5.74) is 0. The Morgan fingerprint density at radius 1 is 0.800 bits per heavy atom. The minimum atomic E-state index is 0.164. The van der Waals surface area contributed by atoms with Gasteiger partial charge in [-0.2, -0.15) is 0 Å². The highest BCUT2D eigenvalue weighted by molar-refractivity contribution is 5.81. The van der Waals surface area contributed by atoms with Crippen molar-refractivity contribution < 1.29 is 9.59 Å². The van der Waals surface area contributed by atoms with Crippen molar-refractivity contribution in [1.82, 2.24) is 9.80 Å². The van der Waals surface area contributed by atoms with E-state index in [1.165, 1.54) is 0 Å². The van der Waals surface area contributed by atoms with E-state index in [1.807, 2.05) is 0 Å². The van der Waals surface area contributed by atoms with Gasteiger partial charge in [0.15, 0.2) is 0 Å². The highest BCUT2D eigenvalue weighted by atomic mass is 16.2. The Bertz CT molecular complexity index is 582. The molecule has 0 aromatic heterocycles. The Balaban J connectivity index is 1.43. The summed E-state index contributed by atoms with van der Waals surface area (Å²) >= 11 is 0. The summed E-state index contributed by atoms with van der Waals surface area (Å²) in [5, 5.41) is 0. The molecule has 2 saturated heterocycles. The number of hydrogen-bond donors (Lipinski definition) is 0. The maximum atomic E-state index is 13.1. The number of fused-ring (bicyclic) bond motifs is 1. The second-order valence-electron chi connectivity index (χ2n) is 8.21. The Kier molecular flexibility index (Phi) is 4.96. The van der Waals surface area contributed by atoms with Gasteiger partial charge < -0.3 is 9.80 Å². The molecular formula is C21H30N2O2. The van der Waals surface area contributed by atoms with E-state index in [0.29, 0.717) is 17.7 Å². The molecule has 0 aromatic carbocycles. The van der Waals surface area contributed by atoms with Crippen LogP contribution in [-0.4, -0.2) is 47.3 Å². The minimum Gasteiger partial charge on any atom is -0.340 e. The quantitative estimate of drug-likeness (QED) is 0.723. The van der Waals surface area contributed by atoms with Crippen LogP contribution in [-0.2, 0) is 9.59 Å². The van der Waals surface area contributed by atoms with Crippen LogP contribution >= 0.6 is 0 Å². The van der Waals surface area contributed by atoms with Gasteiger partial charge in [-0.25, -0.2) is 0 Å². The SMILES string of the molecule is O=C(C1CC=CCC1)N1C[C@@H]2CCCN(C(=O)C3CC=CCC3)[C@@H]2C1. The molecule has 25 heavy (non-hydrogen) atoms. The summed E-state index contributed by atoms with van der Waals surface area (Å²) in [7, 11) is 0. The fourth-order valence-electron chi connectivity index (χ4n) is 5.16. The molecule has 4 heteroatoms. The van der Waals surface area contributed by atoms with E-state index in [1.54, 1.807) is 0 Å². The van der Waals surface area contributed by atoms with E-state index >= 15 is 0 Å². The molecule has 0 N–H and O–H groups in total. The average Bonchev–Trinajstić information content (AvgIpc) is 3.12. The van der Waals surface area contributed by atoms with Crippen LogP contribution in [0.15, 0.2) is 24.3 Å². The van der Waals surface area contributed by atoms with Crippen LogP contribution < -0.4 is 0 Å². The first-order valence-corrected chi connectivity index (χ1v) is 10.1. The number of likely N-dealkylation sites (tertiary alicyclic amines) is 2. The number of hydrogen-bond acceptors (Lipinski definition) is 2. The van der Waals surface area contributed by atoms with Gasteiger partial charge in [0.2, 0.25) is 11.8 Å². The fourth-order valence-corrected chi connectivity index (χ4v) is 5.16. The summed E-state index contributed by atoms with van der Waals surface area (Å²) in [4.78, 5) is 30.2. The van der Waals surface area contributed by atoms with Gasteiger partial charge in [0.05, 0.1) is 6.04 Å². The van der Waals surface area contributed by atoms with E-state index in [0.717, 1.165) is 71.0 Å². The molecule has 2 unspecified atom stereocenters. The molecule has 0 saturated carbocycles. The smallest absolute Gasteiger partial charge is 0.226 e. The highest BCUT2D eigenvalue weighted by Gasteiger charge is 2.44. The highest BCUT2D eigenvalue weighted by Crippen LogP contribution is 2.34. The van der Waals surface area contributed by atoms with E-state index in [2.05, 4.69) is 34.1 Å². The van der Waals surface area contributed by atoms with Crippen LogP contribution in [0.1, 0.15) is 51.4 Å². The van der Waals surface area contributed by atoms with Gasteiger partial charge in [-0.15, -0.1) is 0 Å². The van der Waals surface area contributed by atoms with Crippen molar-refractivity contribution in [2.75, 3.05) is 19.6 Å². The molecule has 2 fully saturated rings. The Hall–Kier alpha value is -1.58. The van der Waals surface area contributed by atoms with Gasteiger partial charge in [0, 0.05) is 31.5 Å². The van der Waals surface area contributed by atoms with Crippen molar-refractivity contribution in [3.05, 3.63) is 24.3 Å². The van der Waals surface area contributed by atoms with Crippen LogP contribution in [0.3, 0.4) is 0 Å². The molecule has 136 valence electrons. The molecule has 2 aliphatic carbocycles. The first-order valence-electron chi connectivity index (χ1n) is 10.1. The summed E-state index contributed by atoms with van der Waals surface area (Å²) in [5.74, 6) is 1.48. The van der Waals surface area contributed by atoms with Crippen molar-refractivity contribution in [1.29, 1.82) is 0 Å². The number of rotatable bonds is 2. The molecule has 4 aliphatic rings. The van der Waals surface area contributed by atoms with E-state index in [9.17, 15) is 9.59 Å². The molecule has 4 rings (SSSR count). The van der Waals surface area contributed by atoms with E-state index in [4.69, 9.17) is 0 Å². The van der Waals surface area contributed by atoms with Crippen LogP contribution in [0.4, 0.5) is 0 Å². The predicted molar refractivity (Wildman–Crippen MR) is 97.8 cm³/mol.